The van der Waals surface area contributed by atoms with E-state index in [0.29, 0.717) is 13.2 Å². The van der Waals surface area contributed by atoms with Crippen LogP contribution in [-0.2, 0) is 11.3 Å². The Bertz CT molecular complexity index is 307. The highest BCUT2D eigenvalue weighted by Crippen LogP contribution is 2.15. The molecule has 0 aliphatic rings. The summed E-state index contributed by atoms with van der Waals surface area (Å²) in [6.45, 7) is 4.82. The first kappa shape index (κ1) is 12.4. The molecule has 84 valence electrons. The van der Waals surface area contributed by atoms with Crippen molar-refractivity contribution in [2.45, 2.75) is 13.5 Å². The minimum absolute atomic E-state index is 0.166. The van der Waals surface area contributed by atoms with E-state index < -0.39 is 0 Å². The summed E-state index contributed by atoms with van der Waals surface area (Å²) in [6.07, 6.45) is 0. The van der Waals surface area contributed by atoms with E-state index in [1.807, 2.05) is 6.92 Å². The summed E-state index contributed by atoms with van der Waals surface area (Å²) >= 11 is 5.65. The summed E-state index contributed by atoms with van der Waals surface area (Å²) in [6, 6.07) is 4.72. The van der Waals surface area contributed by atoms with Crippen LogP contribution in [0.3, 0.4) is 0 Å². The normalized spacial score (nSPS) is 10.6. The topological polar surface area (TPSA) is 21.3 Å². The van der Waals surface area contributed by atoms with E-state index in [0.717, 1.165) is 18.7 Å². The van der Waals surface area contributed by atoms with Gasteiger partial charge >= 0.3 is 0 Å². The maximum Gasteiger partial charge on any atom is 0.141 e. The molecule has 0 aliphatic carbocycles. The SMILES string of the molecule is CCOCCNCc1ccc(F)c(Cl)c1. The molecule has 0 spiro atoms. The average molecular weight is 232 g/mol. The lowest BCUT2D eigenvalue weighted by molar-refractivity contribution is 0.149. The molecule has 15 heavy (non-hydrogen) atoms. The van der Waals surface area contributed by atoms with Gasteiger partial charge in [0.2, 0.25) is 0 Å². The number of halogens is 2. The molecule has 1 aromatic rings. The molecule has 0 aliphatic heterocycles. The zero-order chi connectivity index (χ0) is 11.1. The summed E-state index contributed by atoms with van der Waals surface area (Å²) in [4.78, 5) is 0. The van der Waals surface area contributed by atoms with Crippen molar-refractivity contribution >= 4 is 11.6 Å². The molecule has 0 bridgehead atoms. The third-order valence-corrected chi connectivity index (χ3v) is 2.23. The highest BCUT2D eigenvalue weighted by atomic mass is 35.5. The van der Waals surface area contributed by atoms with Crippen LogP contribution in [0.5, 0.6) is 0 Å². The van der Waals surface area contributed by atoms with E-state index in [-0.39, 0.29) is 10.8 Å². The highest BCUT2D eigenvalue weighted by Gasteiger charge is 1.99. The predicted octanol–water partition coefficient (Wildman–Crippen LogP) is 2.61. The van der Waals surface area contributed by atoms with Gasteiger partial charge in [0.1, 0.15) is 5.82 Å². The molecule has 0 unspecified atom stereocenters. The monoisotopic (exact) mass is 231 g/mol. The second kappa shape index (κ2) is 6.77. The number of rotatable bonds is 6. The fraction of sp³-hybridized carbons (Fsp3) is 0.455. The standard InChI is InChI=1S/C11H15ClFNO/c1-2-15-6-5-14-8-9-3-4-11(13)10(12)7-9/h3-4,7,14H,2,5-6,8H2,1H3. The third kappa shape index (κ3) is 4.60. The number of hydrogen-bond acceptors (Lipinski definition) is 2. The summed E-state index contributed by atoms with van der Waals surface area (Å²) in [5, 5.41) is 3.34. The van der Waals surface area contributed by atoms with E-state index in [9.17, 15) is 4.39 Å². The Labute approximate surface area is 94.4 Å². The molecule has 0 amide bonds. The second-order valence-electron chi connectivity index (χ2n) is 3.12. The van der Waals surface area contributed by atoms with E-state index in [4.69, 9.17) is 16.3 Å². The Kier molecular flexibility index (Phi) is 5.61. The van der Waals surface area contributed by atoms with Crippen LogP contribution in [0, 0.1) is 5.82 Å². The number of nitrogens with one attached hydrogen (secondary N) is 1. The lowest BCUT2D eigenvalue weighted by atomic mass is 10.2. The van der Waals surface area contributed by atoms with E-state index >= 15 is 0 Å². The Hall–Kier alpha value is -0.640. The summed E-state index contributed by atoms with van der Waals surface area (Å²) < 4.78 is 18.0. The van der Waals surface area contributed by atoms with Crippen LogP contribution in [0.15, 0.2) is 18.2 Å². The van der Waals surface area contributed by atoms with Gasteiger partial charge in [-0.05, 0) is 24.6 Å². The third-order valence-electron chi connectivity index (χ3n) is 1.94. The molecule has 0 radical (unpaired) electrons. The molecule has 0 atom stereocenters. The number of hydrogen-bond donors (Lipinski definition) is 1. The van der Waals surface area contributed by atoms with Crippen LogP contribution in [0.4, 0.5) is 4.39 Å². The van der Waals surface area contributed by atoms with Crippen molar-refractivity contribution in [2.75, 3.05) is 19.8 Å². The van der Waals surface area contributed by atoms with Gasteiger partial charge < -0.3 is 10.1 Å². The van der Waals surface area contributed by atoms with Gasteiger partial charge in [-0.1, -0.05) is 17.7 Å². The van der Waals surface area contributed by atoms with E-state index in [2.05, 4.69) is 5.32 Å². The van der Waals surface area contributed by atoms with Crippen molar-refractivity contribution < 1.29 is 9.13 Å². The van der Waals surface area contributed by atoms with Crippen LogP contribution in [0.25, 0.3) is 0 Å². The first-order valence-electron chi connectivity index (χ1n) is 4.96. The lowest BCUT2D eigenvalue weighted by Gasteiger charge is -2.05. The van der Waals surface area contributed by atoms with Crippen molar-refractivity contribution in [1.29, 1.82) is 0 Å². The zero-order valence-corrected chi connectivity index (χ0v) is 9.48. The van der Waals surface area contributed by atoms with Crippen molar-refractivity contribution in [3.63, 3.8) is 0 Å². The molecule has 1 N–H and O–H groups in total. The summed E-state index contributed by atoms with van der Waals surface area (Å²) in [7, 11) is 0. The van der Waals surface area contributed by atoms with Gasteiger partial charge in [0, 0.05) is 19.7 Å². The maximum atomic E-state index is 12.8. The number of benzene rings is 1. The molecule has 1 aromatic carbocycles. The zero-order valence-electron chi connectivity index (χ0n) is 8.72. The number of ether oxygens (including phenoxy) is 1. The van der Waals surface area contributed by atoms with Gasteiger partial charge in [0.05, 0.1) is 11.6 Å². The van der Waals surface area contributed by atoms with Crippen LogP contribution in [-0.4, -0.2) is 19.8 Å². The molecular weight excluding hydrogens is 217 g/mol. The highest BCUT2D eigenvalue weighted by molar-refractivity contribution is 6.30. The van der Waals surface area contributed by atoms with Gasteiger partial charge in [-0.2, -0.15) is 0 Å². The summed E-state index contributed by atoms with van der Waals surface area (Å²) in [5.74, 6) is -0.380. The lowest BCUT2D eigenvalue weighted by Crippen LogP contribution is -2.19. The van der Waals surface area contributed by atoms with E-state index in [1.54, 1.807) is 12.1 Å². The second-order valence-corrected chi connectivity index (χ2v) is 3.53. The smallest absolute Gasteiger partial charge is 0.141 e. The average Bonchev–Trinajstić information content (AvgIpc) is 2.23. The molecule has 2 nitrogen and oxygen atoms in total. The molecule has 0 aromatic heterocycles. The Morgan fingerprint density at radius 2 is 2.27 bits per heavy atom. The molecular formula is C11H15ClFNO. The molecule has 0 saturated heterocycles. The van der Waals surface area contributed by atoms with Crippen molar-refractivity contribution in [3.8, 4) is 0 Å². The Morgan fingerprint density at radius 1 is 1.47 bits per heavy atom. The quantitative estimate of drug-likeness (QED) is 0.760. The van der Waals surface area contributed by atoms with Crippen LogP contribution in [0.1, 0.15) is 12.5 Å². The van der Waals surface area contributed by atoms with Crippen molar-refractivity contribution in [3.05, 3.63) is 34.6 Å². The first-order valence-corrected chi connectivity index (χ1v) is 5.34. The van der Waals surface area contributed by atoms with Gasteiger partial charge in [-0.15, -0.1) is 0 Å². The minimum Gasteiger partial charge on any atom is -0.380 e. The fourth-order valence-electron chi connectivity index (χ4n) is 1.17. The van der Waals surface area contributed by atoms with Crippen LogP contribution in [0.2, 0.25) is 5.02 Å². The Balaban J connectivity index is 2.28. The maximum absolute atomic E-state index is 12.8. The van der Waals surface area contributed by atoms with Crippen LogP contribution >= 0.6 is 11.6 Å². The van der Waals surface area contributed by atoms with Crippen molar-refractivity contribution in [1.82, 2.24) is 5.32 Å². The van der Waals surface area contributed by atoms with Gasteiger partial charge in [0.15, 0.2) is 0 Å². The molecule has 0 saturated carbocycles. The van der Waals surface area contributed by atoms with Crippen molar-refractivity contribution in [2.24, 2.45) is 0 Å². The van der Waals surface area contributed by atoms with Gasteiger partial charge in [-0.25, -0.2) is 4.39 Å². The largest absolute Gasteiger partial charge is 0.380 e. The minimum atomic E-state index is -0.380. The summed E-state index contributed by atoms with van der Waals surface area (Å²) in [5.41, 5.74) is 0.970. The molecule has 4 heteroatoms. The fourth-order valence-corrected chi connectivity index (χ4v) is 1.37. The van der Waals surface area contributed by atoms with Gasteiger partial charge in [0.25, 0.3) is 0 Å². The Morgan fingerprint density at radius 3 is 2.93 bits per heavy atom. The first-order chi connectivity index (χ1) is 7.24. The molecule has 1 rings (SSSR count). The van der Waals surface area contributed by atoms with Gasteiger partial charge in [-0.3, -0.25) is 0 Å². The molecule has 0 heterocycles. The van der Waals surface area contributed by atoms with Crippen LogP contribution < -0.4 is 5.32 Å². The van der Waals surface area contributed by atoms with E-state index in [1.165, 1.54) is 6.07 Å². The molecule has 0 fully saturated rings. The predicted molar refractivity (Wildman–Crippen MR) is 59.6 cm³/mol.